The number of hydrogen-bond donors (Lipinski definition) is 1. The van der Waals surface area contributed by atoms with Gasteiger partial charge in [-0.05, 0) is 30.7 Å². The molecule has 0 amide bonds. The average Bonchev–Trinajstić information content (AvgIpc) is 2.68. The lowest BCUT2D eigenvalue weighted by Gasteiger charge is -2.29. The van der Waals surface area contributed by atoms with E-state index in [9.17, 15) is 13.2 Å². The van der Waals surface area contributed by atoms with Gasteiger partial charge in [-0.2, -0.15) is 13.2 Å². The van der Waals surface area contributed by atoms with E-state index in [1.165, 1.54) is 18.5 Å². The molecule has 3 aromatic rings. The fourth-order valence-electron chi connectivity index (χ4n) is 2.99. The lowest BCUT2D eigenvalue weighted by atomic mass is 10.1. The second-order valence-corrected chi connectivity index (χ2v) is 6.08. The van der Waals surface area contributed by atoms with Gasteiger partial charge in [0.05, 0.1) is 24.0 Å². The molecule has 1 aromatic carbocycles. The van der Waals surface area contributed by atoms with Crippen molar-refractivity contribution in [1.29, 1.82) is 0 Å². The van der Waals surface area contributed by atoms with Crippen LogP contribution in [0.1, 0.15) is 16.8 Å². The minimum absolute atomic E-state index is 0.542. The topological polar surface area (TPSA) is 66.8 Å². The Bertz CT molecular complexity index is 928. The first-order valence-electron chi connectivity index (χ1n) is 8.29. The van der Waals surface area contributed by atoms with E-state index in [0.29, 0.717) is 24.5 Å². The number of benzene rings is 1. The van der Waals surface area contributed by atoms with Crippen LogP contribution in [0, 0.1) is 0 Å². The molecule has 9 heteroatoms. The molecule has 2 aromatic heterocycles. The predicted molar refractivity (Wildman–Crippen MR) is 93.5 cm³/mol. The summed E-state index contributed by atoms with van der Waals surface area (Å²) in [6.07, 6.45) is 2.75. The van der Waals surface area contributed by atoms with E-state index in [2.05, 4.69) is 30.2 Å². The van der Waals surface area contributed by atoms with Gasteiger partial charge in [-0.15, -0.1) is 0 Å². The van der Waals surface area contributed by atoms with Crippen LogP contribution in [0.25, 0.3) is 0 Å². The summed E-state index contributed by atoms with van der Waals surface area (Å²) in [5.41, 5.74) is 1.67. The lowest BCUT2D eigenvalue weighted by molar-refractivity contribution is -0.137. The zero-order valence-corrected chi connectivity index (χ0v) is 14.1. The van der Waals surface area contributed by atoms with Crippen LogP contribution in [0.5, 0.6) is 0 Å². The first kappa shape index (κ1) is 17.2. The monoisotopic (exact) mass is 372 g/mol. The van der Waals surface area contributed by atoms with E-state index in [-0.39, 0.29) is 0 Å². The van der Waals surface area contributed by atoms with Crippen molar-refractivity contribution in [3.8, 4) is 0 Å². The number of fused-ring (bicyclic) bond motifs is 1. The van der Waals surface area contributed by atoms with Crippen LogP contribution in [-0.4, -0.2) is 26.5 Å². The highest BCUT2D eigenvalue weighted by molar-refractivity contribution is 5.61. The highest BCUT2D eigenvalue weighted by Gasteiger charge is 2.30. The molecular weight excluding hydrogens is 357 g/mol. The zero-order valence-electron chi connectivity index (χ0n) is 14.1. The summed E-state index contributed by atoms with van der Waals surface area (Å²) >= 11 is 0. The Kier molecular flexibility index (Phi) is 4.35. The molecule has 1 aliphatic rings. The molecule has 27 heavy (non-hydrogen) atoms. The second kappa shape index (κ2) is 6.82. The molecule has 0 radical (unpaired) electrons. The van der Waals surface area contributed by atoms with Gasteiger partial charge in [-0.3, -0.25) is 4.98 Å². The molecule has 1 N–H and O–H groups in total. The Labute approximate surface area is 153 Å². The van der Waals surface area contributed by atoms with Gasteiger partial charge in [0.2, 0.25) is 0 Å². The van der Waals surface area contributed by atoms with Crippen molar-refractivity contribution in [2.45, 2.75) is 19.1 Å². The largest absolute Gasteiger partial charge is 0.416 e. The smallest absolute Gasteiger partial charge is 0.349 e. The molecule has 0 aliphatic carbocycles. The standard InChI is InChI=1S/C18H15F3N6/c19-18(20,21)12-1-3-13(4-2-12)26-17-14-5-8-27(10-15(14)24-11-25-17)16-9-22-6-7-23-16/h1-4,6-7,9,11H,5,8,10H2,(H,24,25,26). The number of hydrogen-bond acceptors (Lipinski definition) is 6. The summed E-state index contributed by atoms with van der Waals surface area (Å²) in [6.45, 7) is 1.29. The Morgan fingerprint density at radius 1 is 1.00 bits per heavy atom. The quantitative estimate of drug-likeness (QED) is 0.758. The molecule has 6 nitrogen and oxygen atoms in total. The van der Waals surface area contributed by atoms with Gasteiger partial charge in [-0.25, -0.2) is 15.0 Å². The molecule has 3 heterocycles. The maximum absolute atomic E-state index is 12.7. The summed E-state index contributed by atoms with van der Waals surface area (Å²) in [7, 11) is 0. The minimum Gasteiger partial charge on any atom is -0.349 e. The third-order valence-corrected chi connectivity index (χ3v) is 4.36. The molecule has 0 saturated carbocycles. The minimum atomic E-state index is -4.35. The van der Waals surface area contributed by atoms with Gasteiger partial charge in [-0.1, -0.05) is 0 Å². The van der Waals surface area contributed by atoms with E-state index >= 15 is 0 Å². The maximum Gasteiger partial charge on any atom is 0.416 e. The third-order valence-electron chi connectivity index (χ3n) is 4.36. The number of halogens is 3. The molecule has 138 valence electrons. The van der Waals surface area contributed by atoms with Crippen molar-refractivity contribution in [1.82, 2.24) is 19.9 Å². The normalized spacial score (nSPS) is 14.0. The van der Waals surface area contributed by atoms with Crippen molar-refractivity contribution >= 4 is 17.3 Å². The molecule has 1 aliphatic heterocycles. The van der Waals surface area contributed by atoms with Crippen LogP contribution in [0.4, 0.5) is 30.5 Å². The summed E-state index contributed by atoms with van der Waals surface area (Å²) in [4.78, 5) is 19.1. The fraction of sp³-hybridized carbons (Fsp3) is 0.222. The number of nitrogens with one attached hydrogen (secondary N) is 1. The molecule has 4 rings (SSSR count). The van der Waals surface area contributed by atoms with Crippen LogP contribution >= 0.6 is 0 Å². The molecular formula is C18H15F3N6. The number of alkyl halides is 3. The molecule has 0 fully saturated rings. The van der Waals surface area contributed by atoms with Crippen molar-refractivity contribution in [3.05, 3.63) is 66.0 Å². The Morgan fingerprint density at radius 3 is 2.52 bits per heavy atom. The Balaban J connectivity index is 1.55. The van der Waals surface area contributed by atoms with Gasteiger partial charge in [0.25, 0.3) is 0 Å². The molecule has 0 spiro atoms. The van der Waals surface area contributed by atoms with Gasteiger partial charge in [0.1, 0.15) is 18.0 Å². The molecule has 0 bridgehead atoms. The summed E-state index contributed by atoms with van der Waals surface area (Å²) in [6, 6.07) is 4.88. The predicted octanol–water partition coefficient (Wildman–Crippen LogP) is 3.59. The Hall–Kier alpha value is -3.23. The number of rotatable bonds is 3. The highest BCUT2D eigenvalue weighted by Crippen LogP contribution is 2.31. The number of anilines is 3. The van der Waals surface area contributed by atoms with E-state index < -0.39 is 11.7 Å². The summed E-state index contributed by atoms with van der Waals surface area (Å²) < 4.78 is 38.1. The van der Waals surface area contributed by atoms with E-state index in [0.717, 1.165) is 35.8 Å². The third kappa shape index (κ3) is 3.67. The van der Waals surface area contributed by atoms with Crippen LogP contribution in [-0.2, 0) is 19.1 Å². The highest BCUT2D eigenvalue weighted by atomic mass is 19.4. The maximum atomic E-state index is 12.7. The number of aromatic nitrogens is 4. The average molecular weight is 372 g/mol. The van der Waals surface area contributed by atoms with Gasteiger partial charge in [0, 0.05) is 30.2 Å². The van der Waals surface area contributed by atoms with Crippen LogP contribution in [0.2, 0.25) is 0 Å². The van der Waals surface area contributed by atoms with Crippen molar-refractivity contribution in [3.63, 3.8) is 0 Å². The van der Waals surface area contributed by atoms with Crippen molar-refractivity contribution in [2.75, 3.05) is 16.8 Å². The second-order valence-electron chi connectivity index (χ2n) is 6.08. The van der Waals surface area contributed by atoms with Crippen LogP contribution in [0.15, 0.2) is 49.2 Å². The first-order chi connectivity index (χ1) is 13.0. The van der Waals surface area contributed by atoms with E-state index in [4.69, 9.17) is 0 Å². The Morgan fingerprint density at radius 2 is 1.81 bits per heavy atom. The SMILES string of the molecule is FC(F)(F)c1ccc(Nc2ncnc3c2CCN(c2cnccn2)C3)cc1. The van der Waals surface area contributed by atoms with Crippen LogP contribution < -0.4 is 10.2 Å². The lowest BCUT2D eigenvalue weighted by Crippen LogP contribution is -2.32. The van der Waals surface area contributed by atoms with Crippen molar-refractivity contribution < 1.29 is 13.2 Å². The fourth-order valence-corrected chi connectivity index (χ4v) is 2.99. The summed E-state index contributed by atoms with van der Waals surface area (Å²) in [5.74, 6) is 1.39. The van der Waals surface area contributed by atoms with E-state index in [1.54, 1.807) is 18.6 Å². The summed E-state index contributed by atoms with van der Waals surface area (Å²) in [5, 5.41) is 3.10. The molecule has 0 unspecified atom stereocenters. The van der Waals surface area contributed by atoms with Gasteiger partial charge in [0.15, 0.2) is 0 Å². The first-order valence-corrected chi connectivity index (χ1v) is 8.29. The number of nitrogens with zero attached hydrogens (tertiary/aromatic N) is 5. The molecule has 0 atom stereocenters. The molecule has 0 saturated heterocycles. The van der Waals surface area contributed by atoms with Gasteiger partial charge >= 0.3 is 6.18 Å². The van der Waals surface area contributed by atoms with Gasteiger partial charge < -0.3 is 10.2 Å². The van der Waals surface area contributed by atoms with Crippen LogP contribution in [0.3, 0.4) is 0 Å². The zero-order chi connectivity index (χ0) is 18.9. The van der Waals surface area contributed by atoms with E-state index in [1.807, 2.05) is 0 Å². The van der Waals surface area contributed by atoms with Crippen molar-refractivity contribution in [2.24, 2.45) is 0 Å².